The van der Waals surface area contributed by atoms with Crippen molar-refractivity contribution in [2.24, 2.45) is 5.14 Å². The molecule has 0 spiro atoms. The Morgan fingerprint density at radius 3 is 2.63 bits per heavy atom. The maximum absolute atomic E-state index is 11.1. The van der Waals surface area contributed by atoms with E-state index in [-0.39, 0.29) is 4.90 Å². The van der Waals surface area contributed by atoms with Crippen LogP contribution >= 0.6 is 0 Å². The van der Waals surface area contributed by atoms with Gasteiger partial charge in [0.25, 0.3) is 0 Å². The zero-order valence-electron chi connectivity index (χ0n) is 10.3. The van der Waals surface area contributed by atoms with Gasteiger partial charge in [-0.2, -0.15) is 5.10 Å². The van der Waals surface area contributed by atoms with Crippen LogP contribution in [0, 0.1) is 0 Å². The molecule has 0 aliphatic heterocycles. The summed E-state index contributed by atoms with van der Waals surface area (Å²) in [7, 11) is -3.67. The van der Waals surface area contributed by atoms with Crippen molar-refractivity contribution in [2.45, 2.75) is 17.9 Å². The molecular formula is C12H15N3O3S. The van der Waals surface area contributed by atoms with E-state index in [9.17, 15) is 8.42 Å². The monoisotopic (exact) mass is 281 g/mol. The average molecular weight is 281 g/mol. The minimum atomic E-state index is -3.67. The van der Waals surface area contributed by atoms with E-state index in [1.807, 2.05) is 30.3 Å². The Balaban J connectivity index is 1.79. The molecule has 19 heavy (non-hydrogen) atoms. The van der Waals surface area contributed by atoms with Crippen LogP contribution in [0.3, 0.4) is 0 Å². The lowest BCUT2D eigenvalue weighted by Gasteiger charge is -2.05. The van der Waals surface area contributed by atoms with E-state index in [4.69, 9.17) is 9.88 Å². The number of benzene rings is 1. The highest BCUT2D eigenvalue weighted by Gasteiger charge is 2.10. The number of para-hydroxylation sites is 1. The van der Waals surface area contributed by atoms with Crippen LogP contribution in [0.2, 0.25) is 0 Å². The molecule has 2 rings (SSSR count). The van der Waals surface area contributed by atoms with Crippen molar-refractivity contribution in [2.75, 3.05) is 6.61 Å². The summed E-state index contributed by atoms with van der Waals surface area (Å²) in [5, 5.41) is 8.92. The largest absolute Gasteiger partial charge is 0.494 e. The normalized spacial score (nSPS) is 11.4. The quantitative estimate of drug-likeness (QED) is 0.800. The highest BCUT2D eigenvalue weighted by Crippen LogP contribution is 2.09. The molecule has 0 saturated heterocycles. The minimum absolute atomic E-state index is 0.0245. The van der Waals surface area contributed by atoms with Crippen LogP contribution in [0.4, 0.5) is 0 Å². The van der Waals surface area contributed by atoms with E-state index in [0.717, 1.165) is 12.2 Å². The zero-order chi connectivity index (χ0) is 13.7. The summed E-state index contributed by atoms with van der Waals surface area (Å²) in [4.78, 5) is 0.0245. The van der Waals surface area contributed by atoms with Gasteiger partial charge in [0.15, 0.2) is 0 Å². The smallest absolute Gasteiger partial charge is 0.241 e. The van der Waals surface area contributed by atoms with Crippen molar-refractivity contribution < 1.29 is 13.2 Å². The number of hydrogen-bond donors (Lipinski definition) is 1. The third-order valence-electron chi connectivity index (χ3n) is 2.48. The number of primary sulfonamides is 1. The van der Waals surface area contributed by atoms with Gasteiger partial charge in [-0.05, 0) is 12.1 Å². The van der Waals surface area contributed by atoms with Crippen molar-refractivity contribution in [1.82, 2.24) is 9.78 Å². The molecule has 2 N–H and O–H groups in total. The summed E-state index contributed by atoms with van der Waals surface area (Å²) >= 11 is 0. The maximum atomic E-state index is 11.1. The van der Waals surface area contributed by atoms with Crippen molar-refractivity contribution >= 4 is 10.0 Å². The standard InChI is InChI=1S/C12H15N3O3S/c13-19(16,17)12-9-14-15(10-12)7-4-8-18-11-5-2-1-3-6-11/h1-3,5-6,9-10H,4,7-8H2,(H2,13,16,17). The van der Waals surface area contributed by atoms with E-state index >= 15 is 0 Å². The molecule has 7 heteroatoms. The van der Waals surface area contributed by atoms with E-state index in [0.29, 0.717) is 13.2 Å². The van der Waals surface area contributed by atoms with Crippen molar-refractivity contribution in [1.29, 1.82) is 0 Å². The minimum Gasteiger partial charge on any atom is -0.494 e. The van der Waals surface area contributed by atoms with E-state index < -0.39 is 10.0 Å². The van der Waals surface area contributed by atoms with Gasteiger partial charge in [-0.15, -0.1) is 0 Å². The second kappa shape index (κ2) is 5.85. The Morgan fingerprint density at radius 2 is 2.00 bits per heavy atom. The number of aromatic nitrogens is 2. The number of ether oxygens (including phenoxy) is 1. The predicted octanol–water partition coefficient (Wildman–Crippen LogP) is 1.000. The molecule has 0 bridgehead atoms. The van der Waals surface area contributed by atoms with Gasteiger partial charge in [0.1, 0.15) is 10.6 Å². The van der Waals surface area contributed by atoms with Crippen molar-refractivity contribution in [3.05, 3.63) is 42.7 Å². The van der Waals surface area contributed by atoms with Crippen LogP contribution in [0.25, 0.3) is 0 Å². The Morgan fingerprint density at radius 1 is 1.26 bits per heavy atom. The molecule has 0 aliphatic carbocycles. The predicted molar refractivity (Wildman–Crippen MR) is 70.2 cm³/mol. The first-order valence-corrected chi connectivity index (χ1v) is 7.33. The highest BCUT2D eigenvalue weighted by molar-refractivity contribution is 7.89. The Bertz CT molecular complexity index is 623. The molecule has 0 atom stereocenters. The van der Waals surface area contributed by atoms with Gasteiger partial charge in [-0.1, -0.05) is 18.2 Å². The molecule has 0 unspecified atom stereocenters. The van der Waals surface area contributed by atoms with Gasteiger partial charge in [0.2, 0.25) is 10.0 Å². The average Bonchev–Trinajstić information content (AvgIpc) is 2.85. The van der Waals surface area contributed by atoms with E-state index in [1.165, 1.54) is 17.1 Å². The fourth-order valence-corrected chi connectivity index (χ4v) is 2.01. The zero-order valence-corrected chi connectivity index (χ0v) is 11.1. The van der Waals surface area contributed by atoms with Crippen LogP contribution in [-0.2, 0) is 16.6 Å². The summed E-state index contributed by atoms with van der Waals surface area (Å²) in [6, 6.07) is 9.49. The number of sulfonamides is 1. The fraction of sp³-hybridized carbons (Fsp3) is 0.250. The lowest BCUT2D eigenvalue weighted by Crippen LogP contribution is -2.11. The first-order valence-electron chi connectivity index (χ1n) is 5.79. The molecule has 1 aromatic heterocycles. The number of aryl methyl sites for hydroxylation is 1. The van der Waals surface area contributed by atoms with E-state index in [1.54, 1.807) is 0 Å². The van der Waals surface area contributed by atoms with Gasteiger partial charge in [-0.25, -0.2) is 13.6 Å². The molecule has 0 radical (unpaired) electrons. The first kappa shape index (κ1) is 13.6. The van der Waals surface area contributed by atoms with Gasteiger partial charge >= 0.3 is 0 Å². The molecule has 0 aliphatic rings. The lowest BCUT2D eigenvalue weighted by atomic mass is 10.3. The van der Waals surface area contributed by atoms with Gasteiger partial charge in [-0.3, -0.25) is 4.68 Å². The molecule has 1 heterocycles. The van der Waals surface area contributed by atoms with Crippen LogP contribution < -0.4 is 9.88 Å². The topological polar surface area (TPSA) is 87.2 Å². The molecule has 0 fully saturated rings. The van der Waals surface area contributed by atoms with Crippen LogP contribution in [0.1, 0.15) is 6.42 Å². The van der Waals surface area contributed by atoms with Crippen molar-refractivity contribution in [3.8, 4) is 5.75 Å². The summed E-state index contributed by atoms with van der Waals surface area (Å²) in [5.41, 5.74) is 0. The number of nitrogens with zero attached hydrogens (tertiary/aromatic N) is 2. The molecular weight excluding hydrogens is 266 g/mol. The van der Waals surface area contributed by atoms with Crippen molar-refractivity contribution in [3.63, 3.8) is 0 Å². The number of hydrogen-bond acceptors (Lipinski definition) is 4. The SMILES string of the molecule is NS(=O)(=O)c1cnn(CCCOc2ccccc2)c1. The second-order valence-electron chi connectivity index (χ2n) is 4.00. The van der Waals surface area contributed by atoms with Gasteiger partial charge < -0.3 is 4.74 Å². The van der Waals surface area contributed by atoms with Crippen LogP contribution in [0.15, 0.2) is 47.6 Å². The van der Waals surface area contributed by atoms with E-state index in [2.05, 4.69) is 5.10 Å². The highest BCUT2D eigenvalue weighted by atomic mass is 32.2. The first-order chi connectivity index (χ1) is 9.05. The fourth-order valence-electron chi connectivity index (χ4n) is 1.55. The molecule has 0 amide bonds. The molecule has 0 saturated carbocycles. The third-order valence-corrected chi connectivity index (χ3v) is 3.35. The van der Waals surface area contributed by atoms with Gasteiger partial charge in [0.05, 0.1) is 12.8 Å². The summed E-state index contributed by atoms with van der Waals surface area (Å²) < 4.78 is 29.2. The second-order valence-corrected chi connectivity index (χ2v) is 5.56. The van der Waals surface area contributed by atoms with Crippen LogP contribution in [0.5, 0.6) is 5.75 Å². The van der Waals surface area contributed by atoms with Crippen LogP contribution in [-0.4, -0.2) is 24.8 Å². The molecule has 1 aromatic carbocycles. The number of rotatable bonds is 6. The summed E-state index contributed by atoms with van der Waals surface area (Å²) in [6.45, 7) is 1.11. The molecule has 102 valence electrons. The van der Waals surface area contributed by atoms with Gasteiger partial charge in [0, 0.05) is 19.2 Å². The molecule has 2 aromatic rings. The summed E-state index contributed by atoms with van der Waals surface area (Å²) in [5.74, 6) is 0.813. The third kappa shape index (κ3) is 4.08. The summed E-state index contributed by atoms with van der Waals surface area (Å²) in [6.07, 6.45) is 3.38. The maximum Gasteiger partial charge on any atom is 0.241 e. The Kier molecular flexibility index (Phi) is 4.18. The number of nitrogens with two attached hydrogens (primary N) is 1. The lowest BCUT2D eigenvalue weighted by molar-refractivity contribution is 0.298. The Labute approximate surface area is 111 Å². The Hall–Kier alpha value is -1.86. The molecule has 6 nitrogen and oxygen atoms in total.